The Morgan fingerprint density at radius 1 is 1.61 bits per heavy atom. The van der Waals surface area contributed by atoms with Crippen molar-refractivity contribution in [2.24, 2.45) is 0 Å². The molecule has 0 atom stereocenters. The molecule has 0 fully saturated rings. The third-order valence-electron chi connectivity index (χ3n) is 2.03. The van der Waals surface area contributed by atoms with Crippen molar-refractivity contribution in [1.82, 2.24) is 10.7 Å². The van der Waals surface area contributed by atoms with E-state index >= 15 is 0 Å². The number of methoxy groups -OCH3 is 1. The van der Waals surface area contributed by atoms with Crippen LogP contribution in [0.25, 0.3) is 0 Å². The number of hydrazine groups is 1. The van der Waals surface area contributed by atoms with Gasteiger partial charge in [0.05, 0.1) is 11.6 Å². The van der Waals surface area contributed by atoms with Crippen LogP contribution in [0.5, 0.6) is 11.5 Å². The molecule has 1 aromatic rings. The second-order valence-electron chi connectivity index (χ2n) is 3.33. The van der Waals surface area contributed by atoms with Crippen molar-refractivity contribution in [3.8, 4) is 11.5 Å². The van der Waals surface area contributed by atoms with Crippen molar-refractivity contribution in [2.45, 2.75) is 6.92 Å². The summed E-state index contributed by atoms with van der Waals surface area (Å²) in [7, 11) is 1.50. The molecule has 0 amide bonds. The number of benzene rings is 1. The summed E-state index contributed by atoms with van der Waals surface area (Å²) < 4.78 is 5.61. The fraction of sp³-hybridized carbons (Fsp3) is 0.273. The van der Waals surface area contributed by atoms with E-state index in [-0.39, 0.29) is 5.75 Å². The highest BCUT2D eigenvalue weighted by Gasteiger charge is 2.08. The monoisotopic (exact) mass is 332 g/mol. The number of phenolic OH excluding ortho intramolecular Hbond substituents is 1. The fourth-order valence-electron chi connectivity index (χ4n) is 1.22. The Bertz CT molecular complexity index is 466. The maximum absolute atomic E-state index is 9.65. The van der Waals surface area contributed by atoms with Crippen LogP contribution in [0, 0.1) is 0 Å². The van der Waals surface area contributed by atoms with Gasteiger partial charge in [-0.1, -0.05) is 0 Å². The average molecular weight is 333 g/mol. The van der Waals surface area contributed by atoms with Gasteiger partial charge in [-0.3, -0.25) is 0 Å². The molecule has 0 unspecified atom stereocenters. The van der Waals surface area contributed by atoms with Crippen LogP contribution in [0.1, 0.15) is 12.5 Å². The van der Waals surface area contributed by atoms with Crippen molar-refractivity contribution in [1.29, 1.82) is 0 Å². The van der Waals surface area contributed by atoms with Crippen LogP contribution >= 0.6 is 28.1 Å². The van der Waals surface area contributed by atoms with Crippen molar-refractivity contribution in [2.75, 3.05) is 13.7 Å². The standard InChI is InChI=1S/C11H14BrN3O2S/c1-3-13-11(18)15-14-6-7-4-8(12)10(16)9(5-7)17-2/h4-6,16H,3H2,1-2H3,(H2,13,15,18)/p+1/b14-6+. The lowest BCUT2D eigenvalue weighted by atomic mass is 10.2. The van der Waals surface area contributed by atoms with Crippen LogP contribution in [0.4, 0.5) is 0 Å². The summed E-state index contributed by atoms with van der Waals surface area (Å²) in [4.78, 5) is 0. The summed E-state index contributed by atoms with van der Waals surface area (Å²) in [6, 6.07) is 3.45. The van der Waals surface area contributed by atoms with Crippen molar-refractivity contribution >= 4 is 39.5 Å². The van der Waals surface area contributed by atoms with Crippen molar-refractivity contribution in [3.05, 3.63) is 22.2 Å². The molecular weight excluding hydrogens is 318 g/mol. The van der Waals surface area contributed by atoms with Gasteiger partial charge >= 0.3 is 0 Å². The van der Waals surface area contributed by atoms with Gasteiger partial charge in [0, 0.05) is 12.1 Å². The van der Waals surface area contributed by atoms with Gasteiger partial charge in [0.1, 0.15) is 0 Å². The number of hydrazone groups is 1. The number of hydrogen-bond donors (Lipinski definition) is 4. The molecule has 0 aromatic heterocycles. The van der Waals surface area contributed by atoms with Gasteiger partial charge in [-0.25, -0.2) is 0 Å². The van der Waals surface area contributed by atoms with E-state index in [9.17, 15) is 5.11 Å². The van der Waals surface area contributed by atoms with E-state index < -0.39 is 0 Å². The second kappa shape index (κ2) is 7.17. The number of phenols is 1. The Kier molecular flexibility index (Phi) is 5.87. The molecule has 0 bridgehead atoms. The third-order valence-corrected chi connectivity index (χ3v) is 2.88. The van der Waals surface area contributed by atoms with E-state index in [2.05, 4.69) is 31.8 Å². The molecule has 7 heteroatoms. The summed E-state index contributed by atoms with van der Waals surface area (Å²) in [6.07, 6.45) is 1.70. The van der Waals surface area contributed by atoms with Gasteiger partial charge in [0.2, 0.25) is 5.11 Å². The third kappa shape index (κ3) is 4.15. The molecule has 98 valence electrons. The van der Waals surface area contributed by atoms with Gasteiger partial charge in [-0.15, -0.1) is 10.5 Å². The summed E-state index contributed by atoms with van der Waals surface area (Å²) in [5.41, 5.74) is 3.62. The van der Waals surface area contributed by atoms with Crippen LogP contribution in [0.15, 0.2) is 16.6 Å². The van der Waals surface area contributed by atoms with E-state index in [0.717, 1.165) is 12.1 Å². The topological polar surface area (TPSA) is 67.5 Å². The first-order chi connectivity index (χ1) is 8.58. The first-order valence-corrected chi connectivity index (χ1v) is 6.47. The molecule has 0 aliphatic heterocycles. The molecule has 0 radical (unpaired) electrons. The number of aromatic hydroxyl groups is 1. The van der Waals surface area contributed by atoms with E-state index in [1.807, 2.05) is 6.92 Å². The first kappa shape index (κ1) is 14.7. The van der Waals surface area contributed by atoms with Crippen LogP contribution in [0.2, 0.25) is 0 Å². The Balaban J connectivity index is 2.76. The van der Waals surface area contributed by atoms with Gasteiger partial charge in [0.25, 0.3) is 0 Å². The predicted molar refractivity (Wildman–Crippen MR) is 77.9 cm³/mol. The molecule has 0 aliphatic carbocycles. The molecule has 0 aliphatic rings. The van der Waals surface area contributed by atoms with E-state index in [4.69, 9.17) is 17.0 Å². The highest BCUT2D eigenvalue weighted by atomic mass is 79.9. The Hall–Kier alpha value is -1.34. The zero-order valence-corrected chi connectivity index (χ0v) is 12.5. The maximum Gasteiger partial charge on any atom is 0.223 e. The molecule has 1 aromatic carbocycles. The number of thiocarbonyl (C=S) groups is 1. The Morgan fingerprint density at radius 2 is 2.33 bits per heavy atom. The van der Waals surface area contributed by atoms with Crippen LogP contribution in [-0.2, 0) is 0 Å². The molecule has 0 heterocycles. The minimum Gasteiger partial charge on any atom is -0.503 e. The number of nitrogens with one attached hydrogen (secondary N) is 3. The highest BCUT2D eigenvalue weighted by molar-refractivity contribution is 9.10. The van der Waals surface area contributed by atoms with Crippen molar-refractivity contribution < 1.29 is 14.9 Å². The maximum atomic E-state index is 9.65. The predicted octanol–water partition coefficient (Wildman–Crippen LogP) is 0.0618. The summed E-state index contributed by atoms with van der Waals surface area (Å²) >= 11 is 8.23. The zero-order valence-electron chi connectivity index (χ0n) is 10.1. The molecule has 5 nitrogen and oxygen atoms in total. The first-order valence-electron chi connectivity index (χ1n) is 5.27. The normalized spacial score (nSPS) is 10.4. The van der Waals surface area contributed by atoms with Crippen molar-refractivity contribution in [3.63, 3.8) is 0 Å². The number of hydrogen-bond acceptors (Lipinski definition) is 3. The molecular formula is C11H15BrN3O2S+. The average Bonchev–Trinajstić information content (AvgIpc) is 2.33. The van der Waals surface area contributed by atoms with Gasteiger partial charge in [-0.05, 0) is 47.2 Å². The van der Waals surface area contributed by atoms with Gasteiger partial charge in [-0.2, -0.15) is 0 Å². The van der Waals surface area contributed by atoms with Crippen LogP contribution in [-0.4, -0.2) is 30.1 Å². The minimum atomic E-state index is 0.0748. The summed E-state index contributed by atoms with van der Waals surface area (Å²) in [6.45, 7) is 2.71. The minimum absolute atomic E-state index is 0.0748. The Labute approximate surface area is 119 Å². The summed E-state index contributed by atoms with van der Waals surface area (Å²) in [5.74, 6) is 0.470. The second-order valence-corrected chi connectivity index (χ2v) is 4.59. The molecule has 18 heavy (non-hydrogen) atoms. The van der Waals surface area contributed by atoms with E-state index in [1.54, 1.807) is 18.3 Å². The lowest BCUT2D eigenvalue weighted by Gasteiger charge is -2.05. The largest absolute Gasteiger partial charge is 0.503 e. The zero-order chi connectivity index (χ0) is 13.5. The van der Waals surface area contributed by atoms with Crippen LogP contribution in [0.3, 0.4) is 0 Å². The number of ether oxygens (including phenoxy) is 1. The van der Waals surface area contributed by atoms with Crippen LogP contribution < -0.4 is 20.6 Å². The van der Waals surface area contributed by atoms with Gasteiger partial charge < -0.3 is 15.2 Å². The van der Waals surface area contributed by atoms with E-state index in [0.29, 0.717) is 15.3 Å². The lowest BCUT2D eigenvalue weighted by molar-refractivity contribution is -0.500. The molecule has 0 saturated heterocycles. The SMILES string of the molecule is CCNC(=S)N/[NH+]=C/c1cc(Br)c(O)c(OC)c1. The van der Waals surface area contributed by atoms with E-state index in [1.165, 1.54) is 7.11 Å². The van der Waals surface area contributed by atoms with Gasteiger partial charge in [0.15, 0.2) is 17.7 Å². The highest BCUT2D eigenvalue weighted by Crippen LogP contribution is 2.34. The number of halogens is 1. The quantitative estimate of drug-likeness (QED) is 0.357. The fourth-order valence-corrected chi connectivity index (χ4v) is 1.89. The number of rotatable bonds is 4. The smallest absolute Gasteiger partial charge is 0.223 e. The molecule has 0 saturated carbocycles. The molecule has 4 N–H and O–H groups in total. The summed E-state index contributed by atoms with van der Waals surface area (Å²) in [5, 5.41) is 16.0. The Morgan fingerprint density at radius 3 is 2.94 bits per heavy atom. The molecule has 0 spiro atoms. The lowest BCUT2D eigenvalue weighted by Crippen LogP contribution is -2.82. The molecule has 1 rings (SSSR count).